The summed E-state index contributed by atoms with van der Waals surface area (Å²) in [5.74, 6) is -0.165. The molecule has 1 fully saturated rings. The first kappa shape index (κ1) is 24.0. The number of benzene rings is 2. The number of nitrogens with one attached hydrogen (secondary N) is 1. The van der Waals surface area contributed by atoms with E-state index in [1.165, 1.54) is 13.0 Å². The number of carbonyl (C=O) groups is 2. The number of Topliss-reactive ketones (excluding diaryl/α,β-unsaturated/α-hetero) is 1. The highest BCUT2D eigenvalue weighted by Gasteiger charge is 2.30. The number of sulfonamides is 1. The third-order valence-electron chi connectivity index (χ3n) is 6.57. The Labute approximate surface area is 200 Å². The molecule has 1 aliphatic rings. The van der Waals surface area contributed by atoms with Gasteiger partial charge in [-0.05, 0) is 69.9 Å². The van der Waals surface area contributed by atoms with E-state index in [1.807, 2.05) is 13.0 Å². The summed E-state index contributed by atoms with van der Waals surface area (Å²) in [5.41, 5.74) is 2.83. The minimum absolute atomic E-state index is 0.00810. The van der Waals surface area contributed by atoms with Crippen molar-refractivity contribution in [3.05, 3.63) is 58.3 Å². The van der Waals surface area contributed by atoms with E-state index in [2.05, 4.69) is 4.72 Å². The average Bonchev–Trinajstić information content (AvgIpc) is 2.96. The Bertz CT molecular complexity index is 1380. The number of nitrogens with zero attached hydrogens (tertiary/aromatic N) is 1. The molecule has 1 aromatic heterocycles. The summed E-state index contributed by atoms with van der Waals surface area (Å²) in [6.07, 6.45) is 4.10. The van der Waals surface area contributed by atoms with Crippen LogP contribution in [0.25, 0.3) is 11.0 Å². The highest BCUT2D eigenvalue weighted by Crippen LogP contribution is 2.36. The summed E-state index contributed by atoms with van der Waals surface area (Å²) in [6.45, 7) is 8.14. The van der Waals surface area contributed by atoms with Gasteiger partial charge in [-0.2, -0.15) is 0 Å². The Balaban J connectivity index is 1.81. The molecule has 180 valence electrons. The van der Waals surface area contributed by atoms with Gasteiger partial charge in [-0.15, -0.1) is 0 Å². The number of aryl methyl sites for hydroxylation is 2. The van der Waals surface area contributed by atoms with Crippen molar-refractivity contribution < 1.29 is 22.4 Å². The highest BCUT2D eigenvalue weighted by molar-refractivity contribution is 7.93. The molecule has 3 aromatic rings. The fourth-order valence-corrected chi connectivity index (χ4v) is 5.99. The summed E-state index contributed by atoms with van der Waals surface area (Å²) in [5, 5.41) is 0.610. The number of likely N-dealkylation sites (tertiary alicyclic amines) is 1. The predicted molar refractivity (Wildman–Crippen MR) is 132 cm³/mol. The molecule has 0 radical (unpaired) electrons. The van der Waals surface area contributed by atoms with Gasteiger partial charge in [-0.25, -0.2) is 8.42 Å². The molecule has 2 heterocycles. The molecule has 1 aliphatic heterocycles. The van der Waals surface area contributed by atoms with Crippen LogP contribution in [0.2, 0.25) is 0 Å². The first-order valence-corrected chi connectivity index (χ1v) is 13.0. The average molecular weight is 483 g/mol. The predicted octanol–water partition coefficient (Wildman–Crippen LogP) is 5.38. The van der Waals surface area contributed by atoms with E-state index in [4.69, 9.17) is 4.42 Å². The maximum Gasteiger partial charge on any atom is 0.289 e. The Kier molecular flexibility index (Phi) is 6.53. The van der Waals surface area contributed by atoms with E-state index in [0.717, 1.165) is 31.2 Å². The van der Waals surface area contributed by atoms with Crippen molar-refractivity contribution in [3.8, 4) is 0 Å². The molecule has 0 atom stereocenters. The summed E-state index contributed by atoms with van der Waals surface area (Å²) in [6, 6.07) is 8.23. The molecule has 34 heavy (non-hydrogen) atoms. The van der Waals surface area contributed by atoms with Gasteiger partial charge in [0, 0.05) is 35.3 Å². The molecule has 0 bridgehead atoms. The number of carbonyl (C=O) groups excluding carboxylic acids is 2. The van der Waals surface area contributed by atoms with Gasteiger partial charge in [0.05, 0.1) is 0 Å². The van der Waals surface area contributed by atoms with Crippen LogP contribution >= 0.6 is 0 Å². The minimum atomic E-state index is -4.08. The van der Waals surface area contributed by atoms with Crippen LogP contribution in [-0.2, 0) is 10.0 Å². The van der Waals surface area contributed by atoms with Crippen molar-refractivity contribution in [2.24, 2.45) is 0 Å². The van der Waals surface area contributed by atoms with Gasteiger partial charge >= 0.3 is 0 Å². The standard InChI is InChI=1S/C26H30N2O5S/c1-16-14-22-18(3)23(26(30)28-12-7-5-6-8-13-28)33-24(22)25(17(16)2)34(31,32)27-21-11-9-10-20(15-21)19(4)29/h9-11,14-15,27H,5-8,12-13H2,1-4H3. The Hall–Kier alpha value is -3.13. The van der Waals surface area contributed by atoms with Crippen LogP contribution < -0.4 is 4.72 Å². The summed E-state index contributed by atoms with van der Waals surface area (Å²) < 4.78 is 35.7. The number of fused-ring (bicyclic) bond motifs is 1. The van der Waals surface area contributed by atoms with Crippen LogP contribution in [0.5, 0.6) is 0 Å². The van der Waals surface area contributed by atoms with Crippen LogP contribution in [0.3, 0.4) is 0 Å². The Morgan fingerprint density at radius 3 is 2.29 bits per heavy atom. The van der Waals surface area contributed by atoms with Gasteiger partial charge in [0.2, 0.25) is 0 Å². The fourth-order valence-electron chi connectivity index (χ4n) is 4.50. The van der Waals surface area contributed by atoms with Gasteiger partial charge in [-0.3, -0.25) is 14.3 Å². The minimum Gasteiger partial charge on any atom is -0.449 e. The zero-order chi connectivity index (χ0) is 24.6. The lowest BCUT2D eigenvalue weighted by Gasteiger charge is -2.19. The second kappa shape index (κ2) is 9.25. The van der Waals surface area contributed by atoms with Gasteiger partial charge in [0.15, 0.2) is 17.1 Å². The fraction of sp³-hybridized carbons (Fsp3) is 0.385. The van der Waals surface area contributed by atoms with Crippen molar-refractivity contribution in [3.63, 3.8) is 0 Å². The second-order valence-electron chi connectivity index (χ2n) is 9.03. The zero-order valence-electron chi connectivity index (χ0n) is 20.0. The van der Waals surface area contributed by atoms with Crippen LogP contribution in [0, 0.1) is 20.8 Å². The van der Waals surface area contributed by atoms with Gasteiger partial charge < -0.3 is 9.32 Å². The molecule has 1 N–H and O–H groups in total. The van der Waals surface area contributed by atoms with Crippen molar-refractivity contribution >= 4 is 38.4 Å². The molecule has 0 saturated carbocycles. The first-order chi connectivity index (χ1) is 16.1. The number of rotatable bonds is 5. The van der Waals surface area contributed by atoms with E-state index in [0.29, 0.717) is 35.2 Å². The van der Waals surface area contributed by atoms with Crippen molar-refractivity contribution in [2.45, 2.75) is 58.3 Å². The molecule has 7 nitrogen and oxygen atoms in total. The maximum atomic E-state index is 13.6. The molecule has 2 aromatic carbocycles. The number of hydrogen-bond acceptors (Lipinski definition) is 5. The summed E-state index contributed by atoms with van der Waals surface area (Å²) >= 11 is 0. The lowest BCUT2D eigenvalue weighted by atomic mass is 10.0. The Morgan fingerprint density at radius 1 is 0.971 bits per heavy atom. The van der Waals surface area contributed by atoms with Crippen molar-refractivity contribution in [2.75, 3.05) is 17.8 Å². The topological polar surface area (TPSA) is 96.7 Å². The Morgan fingerprint density at radius 2 is 1.65 bits per heavy atom. The van der Waals surface area contributed by atoms with Gasteiger partial charge in [0.25, 0.3) is 15.9 Å². The maximum absolute atomic E-state index is 13.6. The van der Waals surface area contributed by atoms with E-state index in [-0.39, 0.29) is 33.6 Å². The smallest absolute Gasteiger partial charge is 0.289 e. The number of furan rings is 1. The number of hydrogen-bond donors (Lipinski definition) is 1. The van der Waals surface area contributed by atoms with Gasteiger partial charge in [-0.1, -0.05) is 25.0 Å². The molecule has 0 unspecified atom stereocenters. The monoisotopic (exact) mass is 482 g/mol. The molecule has 0 spiro atoms. The normalized spacial score (nSPS) is 14.8. The zero-order valence-corrected chi connectivity index (χ0v) is 20.8. The first-order valence-electron chi connectivity index (χ1n) is 11.6. The molecule has 4 rings (SSSR count). The van der Waals surface area contributed by atoms with Crippen LogP contribution in [0.4, 0.5) is 5.69 Å². The summed E-state index contributed by atoms with van der Waals surface area (Å²) in [7, 11) is -4.08. The number of amides is 1. The number of anilines is 1. The van der Waals surface area contributed by atoms with Crippen LogP contribution in [-0.4, -0.2) is 38.1 Å². The number of ketones is 1. The van der Waals surface area contributed by atoms with E-state index < -0.39 is 10.0 Å². The quantitative estimate of drug-likeness (QED) is 0.493. The highest BCUT2D eigenvalue weighted by atomic mass is 32.2. The van der Waals surface area contributed by atoms with E-state index in [1.54, 1.807) is 36.9 Å². The molecule has 0 aliphatic carbocycles. The van der Waals surface area contributed by atoms with Crippen LogP contribution in [0.15, 0.2) is 39.6 Å². The van der Waals surface area contributed by atoms with E-state index >= 15 is 0 Å². The molecular weight excluding hydrogens is 452 g/mol. The molecular formula is C26H30N2O5S. The SMILES string of the molecule is CC(=O)c1cccc(NS(=O)(=O)c2c(C)c(C)cc3c(C)c(C(=O)N4CCCCCC4)oc23)c1. The van der Waals surface area contributed by atoms with Gasteiger partial charge in [0.1, 0.15) is 4.90 Å². The second-order valence-corrected chi connectivity index (χ2v) is 10.6. The largest absolute Gasteiger partial charge is 0.449 e. The summed E-state index contributed by atoms with van der Waals surface area (Å²) in [4.78, 5) is 26.8. The van der Waals surface area contributed by atoms with Crippen LogP contribution in [0.1, 0.15) is 70.2 Å². The lowest BCUT2D eigenvalue weighted by Crippen LogP contribution is -2.31. The third-order valence-corrected chi connectivity index (χ3v) is 8.10. The third kappa shape index (κ3) is 4.46. The van der Waals surface area contributed by atoms with Crippen molar-refractivity contribution in [1.82, 2.24) is 4.90 Å². The van der Waals surface area contributed by atoms with Crippen molar-refractivity contribution in [1.29, 1.82) is 0 Å². The van der Waals surface area contributed by atoms with E-state index in [9.17, 15) is 18.0 Å². The lowest BCUT2D eigenvalue weighted by molar-refractivity contribution is 0.0730. The molecule has 8 heteroatoms. The molecule has 1 amide bonds. The molecule has 1 saturated heterocycles.